The van der Waals surface area contributed by atoms with Gasteiger partial charge in [-0.05, 0) is 26.0 Å². The first-order chi connectivity index (χ1) is 9.81. The smallest absolute Gasteiger partial charge is 0.265 e. The van der Waals surface area contributed by atoms with E-state index in [9.17, 15) is 12.8 Å². The SMILES string of the molecule is CC(C)N(C)c1ccc(NS(=O)(=O)c2cn[nH]c2)cc1F. The fourth-order valence-electron chi connectivity index (χ4n) is 1.73. The van der Waals surface area contributed by atoms with Gasteiger partial charge >= 0.3 is 0 Å². The molecule has 0 spiro atoms. The van der Waals surface area contributed by atoms with E-state index in [0.717, 1.165) is 6.07 Å². The van der Waals surface area contributed by atoms with Crippen LogP contribution in [0.2, 0.25) is 0 Å². The van der Waals surface area contributed by atoms with Crippen molar-refractivity contribution in [2.75, 3.05) is 16.7 Å². The van der Waals surface area contributed by atoms with Gasteiger partial charge in [0.2, 0.25) is 0 Å². The molecule has 0 amide bonds. The zero-order valence-corrected chi connectivity index (χ0v) is 12.8. The summed E-state index contributed by atoms with van der Waals surface area (Å²) in [6.07, 6.45) is 2.43. The zero-order chi connectivity index (χ0) is 15.6. The molecule has 1 aromatic carbocycles. The van der Waals surface area contributed by atoms with Crippen LogP contribution in [0.25, 0.3) is 0 Å². The Morgan fingerprint density at radius 1 is 1.38 bits per heavy atom. The molecular weight excluding hydrogens is 295 g/mol. The third kappa shape index (κ3) is 3.33. The van der Waals surface area contributed by atoms with Crippen LogP contribution in [0.5, 0.6) is 0 Å². The second kappa shape index (κ2) is 5.72. The first-order valence-corrected chi connectivity index (χ1v) is 7.83. The number of benzene rings is 1. The van der Waals surface area contributed by atoms with Crippen molar-refractivity contribution in [2.45, 2.75) is 24.8 Å². The minimum absolute atomic E-state index is 0.00807. The quantitative estimate of drug-likeness (QED) is 0.887. The summed E-state index contributed by atoms with van der Waals surface area (Å²) in [4.78, 5) is 1.76. The Kier molecular flexibility index (Phi) is 4.17. The summed E-state index contributed by atoms with van der Waals surface area (Å²) in [7, 11) is -1.98. The third-order valence-corrected chi connectivity index (χ3v) is 4.49. The number of anilines is 2. The van der Waals surface area contributed by atoms with Crippen LogP contribution in [0, 0.1) is 5.82 Å². The number of nitrogens with one attached hydrogen (secondary N) is 2. The maximum Gasteiger partial charge on any atom is 0.265 e. The topological polar surface area (TPSA) is 78.1 Å². The van der Waals surface area contributed by atoms with Crippen molar-refractivity contribution in [1.29, 1.82) is 0 Å². The Labute approximate surface area is 123 Å². The highest BCUT2D eigenvalue weighted by atomic mass is 32.2. The first-order valence-electron chi connectivity index (χ1n) is 6.35. The molecule has 1 heterocycles. The van der Waals surface area contributed by atoms with Gasteiger partial charge < -0.3 is 4.90 Å². The molecule has 0 aliphatic heterocycles. The number of H-pyrrole nitrogens is 1. The zero-order valence-electron chi connectivity index (χ0n) is 12.0. The summed E-state index contributed by atoms with van der Waals surface area (Å²) < 4.78 is 40.4. The van der Waals surface area contributed by atoms with Crippen LogP contribution in [-0.4, -0.2) is 31.7 Å². The molecule has 0 unspecified atom stereocenters. The van der Waals surface area contributed by atoms with Crippen molar-refractivity contribution in [3.8, 4) is 0 Å². The van der Waals surface area contributed by atoms with Gasteiger partial charge in [0.1, 0.15) is 10.7 Å². The highest BCUT2D eigenvalue weighted by Gasteiger charge is 2.17. The molecule has 114 valence electrons. The monoisotopic (exact) mass is 312 g/mol. The molecule has 8 heteroatoms. The van der Waals surface area contributed by atoms with Crippen molar-refractivity contribution in [3.63, 3.8) is 0 Å². The van der Waals surface area contributed by atoms with Crippen LogP contribution >= 0.6 is 0 Å². The summed E-state index contributed by atoms with van der Waals surface area (Å²) in [6, 6.07) is 4.36. The third-order valence-electron chi connectivity index (χ3n) is 3.14. The van der Waals surface area contributed by atoms with Crippen molar-refractivity contribution in [1.82, 2.24) is 10.2 Å². The van der Waals surface area contributed by atoms with Crippen LogP contribution in [0.1, 0.15) is 13.8 Å². The lowest BCUT2D eigenvalue weighted by atomic mass is 10.2. The molecule has 2 N–H and O–H groups in total. The molecule has 2 rings (SSSR count). The number of aromatic nitrogens is 2. The van der Waals surface area contributed by atoms with E-state index >= 15 is 0 Å². The Hall–Kier alpha value is -2.09. The molecule has 0 saturated heterocycles. The summed E-state index contributed by atoms with van der Waals surface area (Å²) in [5, 5.41) is 6.00. The minimum atomic E-state index is -3.76. The van der Waals surface area contributed by atoms with Gasteiger partial charge in [0, 0.05) is 25.4 Å². The van der Waals surface area contributed by atoms with Crippen molar-refractivity contribution in [3.05, 3.63) is 36.4 Å². The standard InChI is InChI=1S/C13H17FN4O2S/c1-9(2)18(3)13-5-4-10(6-12(13)14)17-21(19,20)11-7-15-16-8-11/h4-9,17H,1-3H3,(H,15,16). The fourth-order valence-corrected chi connectivity index (χ4v) is 2.69. The molecule has 2 aromatic rings. The second-order valence-electron chi connectivity index (χ2n) is 4.91. The number of nitrogens with zero attached hydrogens (tertiary/aromatic N) is 2. The molecule has 0 bridgehead atoms. The minimum Gasteiger partial charge on any atom is -0.370 e. The number of hydrogen-bond donors (Lipinski definition) is 2. The average Bonchev–Trinajstić information content (AvgIpc) is 2.92. The normalized spacial score (nSPS) is 11.7. The van der Waals surface area contributed by atoms with E-state index in [1.807, 2.05) is 13.8 Å². The van der Waals surface area contributed by atoms with Gasteiger partial charge in [0.25, 0.3) is 10.0 Å². The summed E-state index contributed by atoms with van der Waals surface area (Å²) in [5.74, 6) is -0.487. The lowest BCUT2D eigenvalue weighted by molar-refractivity contribution is 0.601. The Morgan fingerprint density at radius 3 is 2.62 bits per heavy atom. The van der Waals surface area contributed by atoms with Crippen molar-refractivity contribution < 1.29 is 12.8 Å². The van der Waals surface area contributed by atoms with E-state index in [4.69, 9.17) is 0 Å². The average molecular weight is 312 g/mol. The molecule has 0 radical (unpaired) electrons. The predicted molar refractivity (Wildman–Crippen MR) is 79.3 cm³/mol. The molecular formula is C13H17FN4O2S. The van der Waals surface area contributed by atoms with Crippen LogP contribution in [0.4, 0.5) is 15.8 Å². The lowest BCUT2D eigenvalue weighted by Crippen LogP contribution is -2.26. The number of rotatable bonds is 5. The van der Waals surface area contributed by atoms with E-state index in [0.29, 0.717) is 5.69 Å². The van der Waals surface area contributed by atoms with E-state index in [-0.39, 0.29) is 16.6 Å². The van der Waals surface area contributed by atoms with Gasteiger partial charge in [-0.3, -0.25) is 9.82 Å². The molecule has 1 aromatic heterocycles. The molecule has 21 heavy (non-hydrogen) atoms. The summed E-state index contributed by atoms with van der Waals surface area (Å²) >= 11 is 0. The Bertz CT molecular complexity index is 714. The summed E-state index contributed by atoms with van der Waals surface area (Å²) in [6.45, 7) is 3.88. The number of halogens is 1. The van der Waals surface area contributed by atoms with Gasteiger partial charge in [0.05, 0.1) is 17.6 Å². The molecule has 0 fully saturated rings. The number of sulfonamides is 1. The highest BCUT2D eigenvalue weighted by molar-refractivity contribution is 7.92. The maximum atomic E-state index is 14.1. The molecule has 0 atom stereocenters. The van der Waals surface area contributed by atoms with Crippen LogP contribution in [0.15, 0.2) is 35.5 Å². The number of hydrogen-bond acceptors (Lipinski definition) is 4. The highest BCUT2D eigenvalue weighted by Crippen LogP contribution is 2.24. The van der Waals surface area contributed by atoms with Crippen molar-refractivity contribution in [2.24, 2.45) is 0 Å². The maximum absolute atomic E-state index is 14.1. The molecule has 0 aliphatic carbocycles. The molecule has 6 nitrogen and oxygen atoms in total. The second-order valence-corrected chi connectivity index (χ2v) is 6.59. The van der Waals surface area contributed by atoms with Gasteiger partial charge in [-0.2, -0.15) is 5.10 Å². The van der Waals surface area contributed by atoms with E-state index in [1.165, 1.54) is 18.5 Å². The van der Waals surface area contributed by atoms with E-state index in [2.05, 4.69) is 14.9 Å². The summed E-state index contributed by atoms with van der Waals surface area (Å²) in [5.41, 5.74) is 0.575. The van der Waals surface area contributed by atoms with Gasteiger partial charge in [-0.1, -0.05) is 0 Å². The van der Waals surface area contributed by atoms with Crippen LogP contribution in [-0.2, 0) is 10.0 Å². The van der Waals surface area contributed by atoms with E-state index < -0.39 is 15.8 Å². The van der Waals surface area contributed by atoms with Gasteiger partial charge in [-0.25, -0.2) is 12.8 Å². The van der Waals surface area contributed by atoms with Crippen LogP contribution < -0.4 is 9.62 Å². The van der Waals surface area contributed by atoms with Gasteiger partial charge in [0.15, 0.2) is 0 Å². The molecule has 0 aliphatic rings. The fraction of sp³-hybridized carbons (Fsp3) is 0.308. The Morgan fingerprint density at radius 2 is 2.10 bits per heavy atom. The van der Waals surface area contributed by atoms with Crippen LogP contribution in [0.3, 0.4) is 0 Å². The number of aromatic amines is 1. The first kappa shape index (κ1) is 15.3. The van der Waals surface area contributed by atoms with E-state index in [1.54, 1.807) is 18.0 Å². The van der Waals surface area contributed by atoms with Gasteiger partial charge in [-0.15, -0.1) is 0 Å². The van der Waals surface area contributed by atoms with Crippen molar-refractivity contribution >= 4 is 21.4 Å². The largest absolute Gasteiger partial charge is 0.370 e. The Balaban J connectivity index is 2.26. The predicted octanol–water partition coefficient (Wildman–Crippen LogP) is 2.19. The molecule has 0 saturated carbocycles. The lowest BCUT2D eigenvalue weighted by Gasteiger charge is -2.24.